The summed E-state index contributed by atoms with van der Waals surface area (Å²) in [5.41, 5.74) is 1.74. The molecule has 3 heteroatoms. The van der Waals surface area contributed by atoms with E-state index in [4.69, 9.17) is 0 Å². The van der Waals surface area contributed by atoms with Crippen LogP contribution in [0.3, 0.4) is 0 Å². The second-order valence-electron chi connectivity index (χ2n) is 3.66. The summed E-state index contributed by atoms with van der Waals surface area (Å²) in [5, 5.41) is 1.05. The third-order valence-corrected chi connectivity index (χ3v) is 2.65. The van der Waals surface area contributed by atoms with Crippen LogP contribution in [-0.2, 0) is 4.79 Å². The topological polar surface area (TPSA) is 33.2 Å². The Bertz CT molecular complexity index is 517. The van der Waals surface area contributed by atoms with Crippen molar-refractivity contribution in [2.45, 2.75) is 13.3 Å². The Hall–Kier alpha value is -1.90. The molecular weight excluding hydrogens is 200 g/mol. The molecule has 1 aromatic carbocycles. The monoisotopic (exact) mass is 214 g/mol. The van der Waals surface area contributed by atoms with Crippen LogP contribution in [0.1, 0.15) is 13.3 Å². The van der Waals surface area contributed by atoms with Crippen molar-refractivity contribution >= 4 is 22.5 Å². The molecule has 1 aromatic heterocycles. The smallest absolute Gasteiger partial charge is 0.226 e. The molecule has 0 spiro atoms. The predicted molar refractivity (Wildman–Crippen MR) is 65.4 cm³/mol. The van der Waals surface area contributed by atoms with Crippen molar-refractivity contribution in [3.05, 3.63) is 36.5 Å². The van der Waals surface area contributed by atoms with Gasteiger partial charge in [0.1, 0.15) is 0 Å². The van der Waals surface area contributed by atoms with E-state index in [-0.39, 0.29) is 5.91 Å². The molecule has 0 atom stereocenters. The minimum Gasteiger partial charge on any atom is -0.313 e. The lowest BCUT2D eigenvalue weighted by molar-refractivity contribution is -0.118. The molecular formula is C13H14N2O. The highest BCUT2D eigenvalue weighted by Crippen LogP contribution is 2.23. The number of hydrogen-bond donors (Lipinski definition) is 0. The van der Waals surface area contributed by atoms with Crippen LogP contribution < -0.4 is 4.90 Å². The molecule has 82 valence electrons. The van der Waals surface area contributed by atoms with Crippen LogP contribution in [0.2, 0.25) is 0 Å². The van der Waals surface area contributed by atoms with Gasteiger partial charge >= 0.3 is 0 Å². The van der Waals surface area contributed by atoms with E-state index >= 15 is 0 Å². The van der Waals surface area contributed by atoms with Gasteiger partial charge in [0.25, 0.3) is 0 Å². The average Bonchev–Trinajstić information content (AvgIpc) is 2.36. The zero-order valence-electron chi connectivity index (χ0n) is 9.47. The number of rotatable bonds is 2. The first-order chi connectivity index (χ1) is 7.74. The standard InChI is InChI=1S/C13H14N2O/c1-3-12(16)15(2)11-8-4-6-10-7-5-9-14-13(10)11/h4-9H,3H2,1-2H3. The summed E-state index contributed by atoms with van der Waals surface area (Å²) >= 11 is 0. The fraction of sp³-hybridized carbons (Fsp3) is 0.231. The Morgan fingerprint density at radius 3 is 2.81 bits per heavy atom. The number of pyridine rings is 1. The predicted octanol–water partition coefficient (Wildman–Crippen LogP) is 2.61. The Morgan fingerprint density at radius 2 is 2.06 bits per heavy atom. The number of benzene rings is 1. The maximum atomic E-state index is 11.7. The molecule has 1 amide bonds. The maximum Gasteiger partial charge on any atom is 0.226 e. The molecule has 0 aliphatic rings. The van der Waals surface area contributed by atoms with Crippen LogP contribution in [0, 0.1) is 0 Å². The van der Waals surface area contributed by atoms with E-state index in [1.807, 2.05) is 37.3 Å². The van der Waals surface area contributed by atoms with E-state index in [2.05, 4.69) is 4.98 Å². The summed E-state index contributed by atoms with van der Waals surface area (Å²) in [6.45, 7) is 1.86. The minimum atomic E-state index is 0.0955. The molecule has 1 heterocycles. The fourth-order valence-electron chi connectivity index (χ4n) is 1.73. The number of nitrogens with zero attached hydrogens (tertiary/aromatic N) is 2. The first-order valence-electron chi connectivity index (χ1n) is 5.34. The highest BCUT2D eigenvalue weighted by molar-refractivity contribution is 6.01. The van der Waals surface area contributed by atoms with Gasteiger partial charge in [-0.3, -0.25) is 9.78 Å². The van der Waals surface area contributed by atoms with E-state index in [1.54, 1.807) is 18.1 Å². The van der Waals surface area contributed by atoms with E-state index in [9.17, 15) is 4.79 Å². The summed E-state index contributed by atoms with van der Waals surface area (Å²) in [6, 6.07) is 9.75. The number of carbonyl (C=O) groups is 1. The summed E-state index contributed by atoms with van der Waals surface area (Å²) in [5.74, 6) is 0.0955. The van der Waals surface area contributed by atoms with Crippen LogP contribution in [-0.4, -0.2) is 17.9 Å². The lowest BCUT2D eigenvalue weighted by Crippen LogP contribution is -2.25. The van der Waals surface area contributed by atoms with Gasteiger partial charge in [0.05, 0.1) is 11.2 Å². The SMILES string of the molecule is CCC(=O)N(C)c1cccc2cccnc12. The van der Waals surface area contributed by atoms with Crippen LogP contribution in [0.4, 0.5) is 5.69 Å². The second kappa shape index (κ2) is 4.31. The molecule has 0 bridgehead atoms. The Kier molecular flexibility index (Phi) is 2.86. The minimum absolute atomic E-state index is 0.0955. The molecule has 0 aliphatic heterocycles. The summed E-state index contributed by atoms with van der Waals surface area (Å²) in [7, 11) is 1.79. The van der Waals surface area contributed by atoms with Crippen molar-refractivity contribution in [1.29, 1.82) is 0 Å². The lowest BCUT2D eigenvalue weighted by atomic mass is 10.2. The van der Waals surface area contributed by atoms with Crippen LogP contribution in [0.15, 0.2) is 36.5 Å². The van der Waals surface area contributed by atoms with E-state index in [1.165, 1.54) is 0 Å². The lowest BCUT2D eigenvalue weighted by Gasteiger charge is -2.17. The fourth-order valence-corrected chi connectivity index (χ4v) is 1.73. The van der Waals surface area contributed by atoms with Gasteiger partial charge in [-0.25, -0.2) is 0 Å². The third kappa shape index (κ3) is 1.76. The van der Waals surface area contributed by atoms with Crippen molar-refractivity contribution in [3.8, 4) is 0 Å². The molecule has 2 aromatic rings. The molecule has 0 saturated heterocycles. The highest BCUT2D eigenvalue weighted by Gasteiger charge is 2.11. The van der Waals surface area contributed by atoms with E-state index < -0.39 is 0 Å². The first-order valence-corrected chi connectivity index (χ1v) is 5.34. The van der Waals surface area contributed by atoms with Gasteiger partial charge < -0.3 is 4.90 Å². The molecule has 0 saturated carbocycles. The zero-order valence-corrected chi connectivity index (χ0v) is 9.47. The molecule has 0 unspecified atom stereocenters. The van der Waals surface area contributed by atoms with Gasteiger partial charge in [-0.05, 0) is 12.1 Å². The van der Waals surface area contributed by atoms with Crippen molar-refractivity contribution in [3.63, 3.8) is 0 Å². The number of hydrogen-bond acceptors (Lipinski definition) is 2. The van der Waals surface area contributed by atoms with Gasteiger partial charge in [-0.1, -0.05) is 25.1 Å². The van der Waals surface area contributed by atoms with Crippen molar-refractivity contribution in [1.82, 2.24) is 4.98 Å². The molecule has 3 nitrogen and oxygen atoms in total. The molecule has 16 heavy (non-hydrogen) atoms. The number of fused-ring (bicyclic) bond motifs is 1. The molecule has 0 aliphatic carbocycles. The van der Waals surface area contributed by atoms with E-state index in [0.717, 1.165) is 16.6 Å². The summed E-state index contributed by atoms with van der Waals surface area (Å²) in [6.07, 6.45) is 2.25. The van der Waals surface area contributed by atoms with Gasteiger partial charge in [0, 0.05) is 25.1 Å². The third-order valence-electron chi connectivity index (χ3n) is 2.65. The molecule has 2 rings (SSSR count). The van der Waals surface area contributed by atoms with Gasteiger partial charge in [-0.2, -0.15) is 0 Å². The zero-order chi connectivity index (χ0) is 11.5. The average molecular weight is 214 g/mol. The van der Waals surface area contributed by atoms with Crippen LogP contribution in [0.5, 0.6) is 0 Å². The van der Waals surface area contributed by atoms with Crippen LogP contribution >= 0.6 is 0 Å². The molecule has 0 radical (unpaired) electrons. The number of aromatic nitrogens is 1. The number of carbonyl (C=O) groups excluding carboxylic acids is 1. The Morgan fingerprint density at radius 1 is 1.31 bits per heavy atom. The van der Waals surface area contributed by atoms with Crippen LogP contribution in [0.25, 0.3) is 10.9 Å². The number of para-hydroxylation sites is 1. The Labute approximate surface area is 94.7 Å². The highest BCUT2D eigenvalue weighted by atomic mass is 16.2. The molecule has 0 fully saturated rings. The van der Waals surface area contributed by atoms with E-state index in [0.29, 0.717) is 6.42 Å². The van der Waals surface area contributed by atoms with Gasteiger partial charge in [-0.15, -0.1) is 0 Å². The van der Waals surface area contributed by atoms with Crippen molar-refractivity contribution < 1.29 is 4.79 Å². The summed E-state index contributed by atoms with van der Waals surface area (Å²) < 4.78 is 0. The van der Waals surface area contributed by atoms with Crippen molar-refractivity contribution in [2.24, 2.45) is 0 Å². The second-order valence-corrected chi connectivity index (χ2v) is 3.66. The van der Waals surface area contributed by atoms with Crippen molar-refractivity contribution in [2.75, 3.05) is 11.9 Å². The Balaban J connectivity index is 2.56. The maximum absolute atomic E-state index is 11.7. The van der Waals surface area contributed by atoms with Gasteiger partial charge in [0.15, 0.2) is 0 Å². The number of amides is 1. The summed E-state index contributed by atoms with van der Waals surface area (Å²) in [4.78, 5) is 17.6. The first kappa shape index (κ1) is 10.6. The quantitative estimate of drug-likeness (QED) is 0.769. The van der Waals surface area contributed by atoms with Gasteiger partial charge in [0.2, 0.25) is 5.91 Å². The number of anilines is 1. The molecule has 0 N–H and O–H groups in total. The normalized spacial score (nSPS) is 10.4. The largest absolute Gasteiger partial charge is 0.313 e.